The number of nitrogens with one attached hydrogen (secondary N) is 1. The summed E-state index contributed by atoms with van der Waals surface area (Å²) in [6.07, 6.45) is 0. The summed E-state index contributed by atoms with van der Waals surface area (Å²) in [5, 5.41) is 4.23. The van der Waals surface area contributed by atoms with Gasteiger partial charge < -0.3 is 10.2 Å². The number of aryl methyl sites for hydroxylation is 1. The summed E-state index contributed by atoms with van der Waals surface area (Å²) in [6, 6.07) is 14.3. The molecule has 2 aromatic rings. The highest BCUT2D eigenvalue weighted by molar-refractivity contribution is 6.34. The molecule has 0 fully saturated rings. The fourth-order valence-electron chi connectivity index (χ4n) is 2.11. The van der Waals surface area contributed by atoms with Gasteiger partial charge in [-0.15, -0.1) is 0 Å². The molecule has 0 aliphatic rings. The second-order valence-electron chi connectivity index (χ2n) is 4.81. The zero-order chi connectivity index (χ0) is 13.8. The van der Waals surface area contributed by atoms with Crippen molar-refractivity contribution >= 4 is 23.0 Å². The second kappa shape index (κ2) is 5.98. The van der Waals surface area contributed by atoms with Gasteiger partial charge in [-0.05, 0) is 30.2 Å². The molecule has 0 heterocycles. The van der Waals surface area contributed by atoms with Crippen LogP contribution in [-0.4, -0.2) is 14.1 Å². The zero-order valence-electron chi connectivity index (χ0n) is 11.6. The molecule has 0 unspecified atom stereocenters. The van der Waals surface area contributed by atoms with Crippen LogP contribution < -0.4 is 10.2 Å². The maximum absolute atomic E-state index is 6.26. The van der Waals surface area contributed by atoms with Gasteiger partial charge in [-0.25, -0.2) is 0 Å². The minimum absolute atomic E-state index is 0.764. The van der Waals surface area contributed by atoms with Gasteiger partial charge in [0, 0.05) is 20.6 Å². The number of rotatable bonds is 4. The molecule has 0 spiro atoms. The molecule has 0 aliphatic carbocycles. The Morgan fingerprint density at radius 2 is 1.79 bits per heavy atom. The van der Waals surface area contributed by atoms with Gasteiger partial charge in [-0.2, -0.15) is 0 Å². The summed E-state index contributed by atoms with van der Waals surface area (Å²) in [5.41, 5.74) is 4.68. The van der Waals surface area contributed by atoms with E-state index in [4.69, 9.17) is 11.6 Å². The maximum Gasteiger partial charge on any atom is 0.0786 e. The number of halogens is 1. The van der Waals surface area contributed by atoms with Crippen LogP contribution >= 0.6 is 11.6 Å². The highest BCUT2D eigenvalue weighted by atomic mass is 35.5. The average Bonchev–Trinajstić information content (AvgIpc) is 2.37. The molecule has 0 atom stereocenters. The summed E-state index contributed by atoms with van der Waals surface area (Å²) in [5.74, 6) is 0. The van der Waals surface area contributed by atoms with Crippen molar-refractivity contribution in [2.75, 3.05) is 24.3 Å². The summed E-state index contributed by atoms with van der Waals surface area (Å²) >= 11 is 6.26. The van der Waals surface area contributed by atoms with E-state index in [1.807, 2.05) is 31.1 Å². The van der Waals surface area contributed by atoms with Crippen molar-refractivity contribution in [3.63, 3.8) is 0 Å². The lowest BCUT2D eigenvalue weighted by molar-refractivity contribution is 1.09. The van der Waals surface area contributed by atoms with Crippen LogP contribution in [0.25, 0.3) is 0 Å². The Bertz CT molecular complexity index is 564. The molecule has 2 nitrogen and oxygen atoms in total. The molecule has 2 aromatic carbocycles. The van der Waals surface area contributed by atoms with Crippen LogP contribution in [0.2, 0.25) is 5.02 Å². The van der Waals surface area contributed by atoms with Crippen LogP contribution in [0.15, 0.2) is 42.5 Å². The number of hydrogen-bond donors (Lipinski definition) is 1. The first-order chi connectivity index (χ1) is 9.09. The molecular weight excluding hydrogens is 256 g/mol. The molecule has 0 bridgehead atoms. The minimum atomic E-state index is 0.764. The largest absolute Gasteiger partial charge is 0.379 e. The monoisotopic (exact) mass is 274 g/mol. The van der Waals surface area contributed by atoms with E-state index in [0.717, 1.165) is 22.9 Å². The third-order valence-electron chi connectivity index (χ3n) is 3.16. The topological polar surface area (TPSA) is 15.3 Å². The van der Waals surface area contributed by atoms with Gasteiger partial charge in [-0.1, -0.05) is 41.9 Å². The summed E-state index contributed by atoms with van der Waals surface area (Å²) in [7, 11) is 4.00. The Morgan fingerprint density at radius 3 is 2.47 bits per heavy atom. The van der Waals surface area contributed by atoms with E-state index in [-0.39, 0.29) is 0 Å². The molecule has 3 heteroatoms. The molecule has 0 amide bonds. The normalized spacial score (nSPS) is 10.3. The Kier molecular flexibility index (Phi) is 4.33. The summed E-state index contributed by atoms with van der Waals surface area (Å²) in [4.78, 5) is 2.03. The SMILES string of the molecule is Cc1ccccc1CNc1cccc(Cl)c1N(C)C. The predicted molar refractivity (Wildman–Crippen MR) is 84.3 cm³/mol. The van der Waals surface area contributed by atoms with Crippen molar-refractivity contribution in [3.8, 4) is 0 Å². The Balaban J connectivity index is 2.21. The van der Waals surface area contributed by atoms with Gasteiger partial charge in [0.25, 0.3) is 0 Å². The first-order valence-corrected chi connectivity index (χ1v) is 6.71. The van der Waals surface area contributed by atoms with E-state index in [1.54, 1.807) is 0 Å². The Morgan fingerprint density at radius 1 is 1.05 bits per heavy atom. The van der Waals surface area contributed by atoms with E-state index < -0.39 is 0 Å². The summed E-state index contributed by atoms with van der Waals surface area (Å²) in [6.45, 7) is 2.93. The van der Waals surface area contributed by atoms with E-state index in [9.17, 15) is 0 Å². The van der Waals surface area contributed by atoms with Crippen molar-refractivity contribution in [3.05, 3.63) is 58.6 Å². The van der Waals surface area contributed by atoms with Crippen LogP contribution in [0.5, 0.6) is 0 Å². The molecule has 1 N–H and O–H groups in total. The molecular formula is C16H19ClN2. The van der Waals surface area contributed by atoms with E-state index in [0.29, 0.717) is 0 Å². The molecule has 0 radical (unpaired) electrons. The lowest BCUT2D eigenvalue weighted by atomic mass is 10.1. The fraction of sp³-hybridized carbons (Fsp3) is 0.250. The molecule has 0 saturated carbocycles. The van der Waals surface area contributed by atoms with Gasteiger partial charge in [0.2, 0.25) is 0 Å². The molecule has 0 saturated heterocycles. The predicted octanol–water partition coefficient (Wildman–Crippen LogP) is 4.33. The standard InChI is InChI=1S/C16H19ClN2/c1-12-7-4-5-8-13(12)11-18-15-10-6-9-14(17)16(15)19(2)3/h4-10,18H,11H2,1-3H3. The first-order valence-electron chi connectivity index (χ1n) is 6.34. The fourth-order valence-corrected chi connectivity index (χ4v) is 2.45. The highest BCUT2D eigenvalue weighted by Gasteiger charge is 2.08. The Hall–Kier alpha value is -1.67. The highest BCUT2D eigenvalue weighted by Crippen LogP contribution is 2.32. The number of para-hydroxylation sites is 1. The van der Waals surface area contributed by atoms with Crippen LogP contribution in [-0.2, 0) is 6.54 Å². The van der Waals surface area contributed by atoms with Gasteiger partial charge in [0.15, 0.2) is 0 Å². The molecule has 2 rings (SSSR count). The van der Waals surface area contributed by atoms with Crippen molar-refractivity contribution < 1.29 is 0 Å². The number of anilines is 2. The maximum atomic E-state index is 6.26. The third kappa shape index (κ3) is 3.21. The number of benzene rings is 2. The molecule has 100 valence electrons. The van der Waals surface area contributed by atoms with E-state index in [2.05, 4.69) is 42.6 Å². The zero-order valence-corrected chi connectivity index (χ0v) is 12.3. The van der Waals surface area contributed by atoms with Crippen molar-refractivity contribution in [2.24, 2.45) is 0 Å². The van der Waals surface area contributed by atoms with E-state index >= 15 is 0 Å². The smallest absolute Gasteiger partial charge is 0.0786 e. The molecule has 19 heavy (non-hydrogen) atoms. The first kappa shape index (κ1) is 13.8. The van der Waals surface area contributed by atoms with Gasteiger partial charge >= 0.3 is 0 Å². The van der Waals surface area contributed by atoms with Crippen LogP contribution in [0.3, 0.4) is 0 Å². The van der Waals surface area contributed by atoms with Gasteiger partial charge in [0.1, 0.15) is 0 Å². The molecule has 0 aromatic heterocycles. The van der Waals surface area contributed by atoms with Crippen molar-refractivity contribution in [1.29, 1.82) is 0 Å². The quantitative estimate of drug-likeness (QED) is 0.893. The number of nitrogens with zero attached hydrogens (tertiary/aromatic N) is 1. The lowest BCUT2D eigenvalue weighted by Crippen LogP contribution is -2.13. The van der Waals surface area contributed by atoms with E-state index in [1.165, 1.54) is 11.1 Å². The average molecular weight is 275 g/mol. The lowest BCUT2D eigenvalue weighted by Gasteiger charge is -2.20. The van der Waals surface area contributed by atoms with Gasteiger partial charge in [0.05, 0.1) is 16.4 Å². The van der Waals surface area contributed by atoms with Crippen LogP contribution in [0.1, 0.15) is 11.1 Å². The summed E-state index contributed by atoms with van der Waals surface area (Å²) < 4.78 is 0. The molecule has 0 aliphatic heterocycles. The van der Waals surface area contributed by atoms with Gasteiger partial charge in [-0.3, -0.25) is 0 Å². The van der Waals surface area contributed by atoms with Crippen LogP contribution in [0.4, 0.5) is 11.4 Å². The minimum Gasteiger partial charge on any atom is -0.379 e. The number of hydrogen-bond acceptors (Lipinski definition) is 2. The van der Waals surface area contributed by atoms with Crippen molar-refractivity contribution in [1.82, 2.24) is 0 Å². The van der Waals surface area contributed by atoms with Crippen LogP contribution in [0, 0.1) is 6.92 Å². The van der Waals surface area contributed by atoms with Crippen molar-refractivity contribution in [2.45, 2.75) is 13.5 Å². The third-order valence-corrected chi connectivity index (χ3v) is 3.47. The second-order valence-corrected chi connectivity index (χ2v) is 5.22. The Labute approximate surface area is 120 Å².